The molecule has 6 heteroatoms. The van der Waals surface area contributed by atoms with Gasteiger partial charge in [0.05, 0.1) is 12.2 Å². The largest absolute Gasteiger partial charge is 0.414 e. The van der Waals surface area contributed by atoms with Gasteiger partial charge in [0.25, 0.3) is 0 Å². The van der Waals surface area contributed by atoms with Crippen LogP contribution in [0, 0.1) is 11.8 Å². The number of hydrogen-bond donors (Lipinski definition) is 2. The van der Waals surface area contributed by atoms with Crippen LogP contribution in [0.3, 0.4) is 0 Å². The quantitative estimate of drug-likeness (QED) is 0.487. The molecular weight excluding hydrogens is 324 g/mol. The van der Waals surface area contributed by atoms with E-state index >= 15 is 0 Å². The van der Waals surface area contributed by atoms with Crippen LogP contribution in [0.1, 0.15) is 47.5 Å². The number of hydrogen-bond acceptors (Lipinski definition) is 5. The molecule has 1 aliphatic carbocycles. The highest BCUT2D eigenvalue weighted by Gasteiger charge is 2.48. The van der Waals surface area contributed by atoms with E-state index in [2.05, 4.69) is 33.9 Å². The van der Waals surface area contributed by atoms with Gasteiger partial charge in [0, 0.05) is 25.7 Å². The van der Waals surface area contributed by atoms with Crippen LogP contribution < -0.4 is 0 Å². The SMILES string of the molecule is CCOC(C)O[C@@H]1C[C@H](O[Si](C)(C)C(C)(C)C)[C@@H](CCO)[C@H]1CO. The van der Waals surface area contributed by atoms with E-state index in [1.807, 2.05) is 13.8 Å². The summed E-state index contributed by atoms with van der Waals surface area (Å²) in [4.78, 5) is 0. The minimum Gasteiger partial charge on any atom is -0.414 e. The second kappa shape index (κ2) is 9.10. The molecular formula is C18H38O5Si. The number of ether oxygens (including phenoxy) is 2. The van der Waals surface area contributed by atoms with Crippen LogP contribution in [0.5, 0.6) is 0 Å². The smallest absolute Gasteiger partial charge is 0.192 e. The summed E-state index contributed by atoms with van der Waals surface area (Å²) < 4.78 is 18.2. The van der Waals surface area contributed by atoms with Crippen LogP contribution in [0.2, 0.25) is 18.1 Å². The molecule has 0 bridgehead atoms. The van der Waals surface area contributed by atoms with Crippen molar-refractivity contribution in [2.24, 2.45) is 11.8 Å². The molecule has 5 atom stereocenters. The van der Waals surface area contributed by atoms with Crippen molar-refractivity contribution in [2.75, 3.05) is 19.8 Å². The van der Waals surface area contributed by atoms with E-state index in [1.54, 1.807) is 0 Å². The Morgan fingerprint density at radius 1 is 1.12 bits per heavy atom. The first kappa shape index (κ1) is 22.1. The normalized spacial score (nSPS) is 29.9. The molecule has 144 valence electrons. The van der Waals surface area contributed by atoms with E-state index in [-0.39, 0.29) is 48.6 Å². The predicted octanol–water partition coefficient (Wildman–Crippen LogP) is 3.16. The van der Waals surface area contributed by atoms with Gasteiger partial charge in [-0.05, 0) is 50.7 Å². The standard InChI is InChI=1S/C18H38O5Si/c1-8-21-13(2)22-16-11-17(14(9-10-19)15(16)12-20)23-24(6,7)18(3,4)5/h13-17,19-20H,8-12H2,1-7H3/t13?,14-,15+,16+,17-/m0/s1. The molecule has 2 N–H and O–H groups in total. The molecule has 5 nitrogen and oxygen atoms in total. The first-order valence-corrected chi connectivity index (χ1v) is 12.1. The molecule has 1 aliphatic rings. The lowest BCUT2D eigenvalue weighted by Gasteiger charge is -2.40. The fraction of sp³-hybridized carbons (Fsp3) is 1.00. The van der Waals surface area contributed by atoms with Crippen molar-refractivity contribution in [3.05, 3.63) is 0 Å². The highest BCUT2D eigenvalue weighted by atomic mass is 28.4. The van der Waals surface area contributed by atoms with Crippen LogP contribution >= 0.6 is 0 Å². The number of aliphatic hydroxyl groups is 2. The number of rotatable bonds is 9. The van der Waals surface area contributed by atoms with Crippen LogP contribution in [0.15, 0.2) is 0 Å². The number of aliphatic hydroxyl groups excluding tert-OH is 2. The molecule has 0 radical (unpaired) electrons. The maximum atomic E-state index is 9.91. The zero-order chi connectivity index (χ0) is 18.5. The van der Waals surface area contributed by atoms with Gasteiger partial charge < -0.3 is 24.1 Å². The van der Waals surface area contributed by atoms with E-state index < -0.39 is 8.32 Å². The van der Waals surface area contributed by atoms with Crippen molar-refractivity contribution in [3.8, 4) is 0 Å². The van der Waals surface area contributed by atoms with E-state index in [0.29, 0.717) is 13.0 Å². The summed E-state index contributed by atoms with van der Waals surface area (Å²) >= 11 is 0. The van der Waals surface area contributed by atoms with Crippen molar-refractivity contribution < 1.29 is 24.1 Å². The summed E-state index contributed by atoms with van der Waals surface area (Å²) in [7, 11) is -1.92. The van der Waals surface area contributed by atoms with Crippen molar-refractivity contribution in [1.29, 1.82) is 0 Å². The lowest BCUT2D eigenvalue weighted by Crippen LogP contribution is -2.45. The predicted molar refractivity (Wildman–Crippen MR) is 98.4 cm³/mol. The zero-order valence-corrected chi connectivity index (χ0v) is 17.5. The Kier molecular flexibility index (Phi) is 8.36. The van der Waals surface area contributed by atoms with E-state index in [1.165, 1.54) is 0 Å². The summed E-state index contributed by atoms with van der Waals surface area (Å²) in [6.07, 6.45) is 1.01. The van der Waals surface area contributed by atoms with Gasteiger partial charge in [-0.1, -0.05) is 20.8 Å². The molecule has 0 aromatic rings. The average molecular weight is 363 g/mol. The molecule has 24 heavy (non-hydrogen) atoms. The van der Waals surface area contributed by atoms with Crippen molar-refractivity contribution in [2.45, 2.75) is 84.1 Å². The zero-order valence-electron chi connectivity index (χ0n) is 16.5. The summed E-state index contributed by atoms with van der Waals surface area (Å²) in [5.74, 6) is 0.0998. The maximum Gasteiger partial charge on any atom is 0.192 e. The monoisotopic (exact) mass is 362 g/mol. The molecule has 0 aliphatic heterocycles. The van der Waals surface area contributed by atoms with Crippen molar-refractivity contribution in [3.63, 3.8) is 0 Å². The van der Waals surface area contributed by atoms with Crippen molar-refractivity contribution in [1.82, 2.24) is 0 Å². The average Bonchev–Trinajstić information content (AvgIpc) is 2.74. The van der Waals surface area contributed by atoms with Crippen LogP contribution in [0.25, 0.3) is 0 Å². The lowest BCUT2D eigenvalue weighted by atomic mass is 9.91. The second-order valence-corrected chi connectivity index (χ2v) is 13.1. The van der Waals surface area contributed by atoms with Crippen LogP contribution in [-0.4, -0.2) is 56.8 Å². The maximum absolute atomic E-state index is 9.91. The molecule has 1 saturated carbocycles. The molecule has 0 heterocycles. The summed E-state index contributed by atoms with van der Waals surface area (Å²) in [5, 5.41) is 19.5. The van der Waals surface area contributed by atoms with E-state index in [9.17, 15) is 10.2 Å². The van der Waals surface area contributed by atoms with Gasteiger partial charge in [0.1, 0.15) is 0 Å². The molecule has 0 saturated heterocycles. The highest BCUT2D eigenvalue weighted by Crippen LogP contribution is 2.44. The Morgan fingerprint density at radius 3 is 2.21 bits per heavy atom. The van der Waals surface area contributed by atoms with E-state index in [4.69, 9.17) is 13.9 Å². The minimum absolute atomic E-state index is 0.0187. The van der Waals surface area contributed by atoms with Gasteiger partial charge in [-0.25, -0.2) is 0 Å². The van der Waals surface area contributed by atoms with E-state index in [0.717, 1.165) is 6.42 Å². The van der Waals surface area contributed by atoms with Gasteiger partial charge in [0.15, 0.2) is 14.6 Å². The van der Waals surface area contributed by atoms with Crippen LogP contribution in [-0.2, 0) is 13.9 Å². The topological polar surface area (TPSA) is 68.2 Å². The Hall–Kier alpha value is 0.0169. The first-order valence-electron chi connectivity index (χ1n) is 9.24. The Morgan fingerprint density at radius 2 is 1.75 bits per heavy atom. The Balaban J connectivity index is 2.90. The Bertz CT molecular complexity index is 369. The highest BCUT2D eigenvalue weighted by molar-refractivity contribution is 6.74. The molecule has 0 spiro atoms. The minimum atomic E-state index is -1.92. The van der Waals surface area contributed by atoms with Gasteiger partial charge in [-0.2, -0.15) is 0 Å². The van der Waals surface area contributed by atoms with Gasteiger partial charge in [-0.3, -0.25) is 0 Å². The third kappa shape index (κ3) is 5.51. The summed E-state index contributed by atoms with van der Waals surface area (Å²) in [6.45, 7) is 15.7. The third-order valence-electron chi connectivity index (χ3n) is 5.66. The second-order valence-electron chi connectivity index (χ2n) is 8.37. The molecule has 1 unspecified atom stereocenters. The Labute approximate surface area is 148 Å². The van der Waals surface area contributed by atoms with Crippen LogP contribution in [0.4, 0.5) is 0 Å². The summed E-state index contributed by atoms with van der Waals surface area (Å²) in [5.41, 5.74) is 0. The van der Waals surface area contributed by atoms with Crippen molar-refractivity contribution >= 4 is 8.32 Å². The fourth-order valence-electron chi connectivity index (χ4n) is 3.30. The molecule has 0 aromatic heterocycles. The molecule has 0 amide bonds. The molecule has 1 rings (SSSR count). The molecule has 0 aromatic carbocycles. The fourth-order valence-corrected chi connectivity index (χ4v) is 4.68. The lowest BCUT2D eigenvalue weighted by molar-refractivity contribution is -0.170. The summed E-state index contributed by atoms with van der Waals surface area (Å²) in [6, 6.07) is 0. The van der Waals surface area contributed by atoms with Gasteiger partial charge in [0.2, 0.25) is 0 Å². The third-order valence-corrected chi connectivity index (χ3v) is 10.2. The molecule has 1 fully saturated rings. The van der Waals surface area contributed by atoms with Gasteiger partial charge in [-0.15, -0.1) is 0 Å². The first-order chi connectivity index (χ1) is 11.1. The van der Waals surface area contributed by atoms with Gasteiger partial charge >= 0.3 is 0 Å².